The van der Waals surface area contributed by atoms with Crippen molar-refractivity contribution in [1.82, 2.24) is 15.3 Å². The van der Waals surface area contributed by atoms with Gasteiger partial charge in [0.25, 0.3) is 5.91 Å². The van der Waals surface area contributed by atoms with Gasteiger partial charge in [-0.05, 0) is 37.3 Å². The molecule has 0 aliphatic rings. The van der Waals surface area contributed by atoms with Crippen LogP contribution in [0.3, 0.4) is 0 Å². The van der Waals surface area contributed by atoms with Crippen molar-refractivity contribution in [3.05, 3.63) is 71.9 Å². The minimum Gasteiger partial charge on any atom is -0.339 e. The molecule has 3 rings (SSSR count). The van der Waals surface area contributed by atoms with Crippen LogP contribution in [0.15, 0.2) is 60.8 Å². The van der Waals surface area contributed by atoms with Gasteiger partial charge in [-0.2, -0.15) is 5.26 Å². The summed E-state index contributed by atoms with van der Waals surface area (Å²) in [4.78, 5) is 20.6. The van der Waals surface area contributed by atoms with Crippen molar-refractivity contribution in [2.24, 2.45) is 0 Å². The summed E-state index contributed by atoms with van der Waals surface area (Å²) in [6.45, 7) is 2.02. The van der Waals surface area contributed by atoms with Crippen LogP contribution in [-0.2, 0) is 0 Å². The normalized spacial score (nSPS) is 10.0. The fourth-order valence-corrected chi connectivity index (χ4v) is 2.36. The Morgan fingerprint density at radius 1 is 1.08 bits per heavy atom. The number of anilines is 2. The minimum atomic E-state index is -0.275. The summed E-state index contributed by atoms with van der Waals surface area (Å²) in [6.07, 6.45) is 1.69. The summed E-state index contributed by atoms with van der Waals surface area (Å²) in [5.74, 6) is 0.227. The fourth-order valence-electron chi connectivity index (χ4n) is 2.36. The predicted octanol–water partition coefficient (Wildman–Crippen LogP) is 3.45. The van der Waals surface area contributed by atoms with Gasteiger partial charge in [0.1, 0.15) is 6.54 Å². The highest BCUT2D eigenvalue weighted by Crippen LogP contribution is 2.20. The van der Waals surface area contributed by atoms with Gasteiger partial charge in [-0.3, -0.25) is 4.79 Å². The molecule has 128 valence electrons. The molecule has 0 saturated heterocycles. The smallest absolute Gasteiger partial charge is 0.252 e. The second-order valence-corrected chi connectivity index (χ2v) is 5.67. The van der Waals surface area contributed by atoms with E-state index in [1.165, 1.54) is 5.56 Å². The number of aryl methyl sites for hydroxylation is 1. The monoisotopic (exact) mass is 343 g/mol. The van der Waals surface area contributed by atoms with Crippen LogP contribution in [0, 0.1) is 18.3 Å². The van der Waals surface area contributed by atoms with E-state index in [1.807, 2.05) is 55.5 Å². The molecule has 3 aromatic rings. The first-order valence-electron chi connectivity index (χ1n) is 8.08. The van der Waals surface area contributed by atoms with Crippen molar-refractivity contribution in [2.45, 2.75) is 6.92 Å². The lowest BCUT2D eigenvalue weighted by molar-refractivity contribution is 0.0958. The van der Waals surface area contributed by atoms with Crippen LogP contribution in [-0.4, -0.2) is 22.4 Å². The molecule has 1 aromatic heterocycles. The fraction of sp³-hybridized carbons (Fsp3) is 0.100. The van der Waals surface area contributed by atoms with Crippen molar-refractivity contribution < 1.29 is 4.79 Å². The highest BCUT2D eigenvalue weighted by molar-refractivity contribution is 5.94. The van der Waals surface area contributed by atoms with Crippen molar-refractivity contribution in [1.29, 1.82) is 5.26 Å². The zero-order valence-electron chi connectivity index (χ0n) is 14.2. The Labute approximate surface area is 151 Å². The molecule has 0 aliphatic carbocycles. The first-order chi connectivity index (χ1) is 12.7. The van der Waals surface area contributed by atoms with Crippen LogP contribution < -0.4 is 10.6 Å². The molecule has 0 fully saturated rings. The number of carbonyl (C=O) groups is 1. The number of aromatic nitrogens is 2. The quantitative estimate of drug-likeness (QED) is 0.693. The summed E-state index contributed by atoms with van der Waals surface area (Å²) in [6, 6.07) is 18.7. The number of hydrogen-bond donors (Lipinski definition) is 2. The third kappa shape index (κ3) is 4.22. The molecule has 0 spiro atoms. The van der Waals surface area contributed by atoms with Gasteiger partial charge < -0.3 is 10.6 Å². The molecule has 1 amide bonds. The molecule has 0 atom stereocenters. The standard InChI is InChI=1S/C20H17N5O/c1-14-2-8-17(9-3-14)24-20-23-12-10-18(25-20)15-4-6-16(7-5-15)19(26)22-13-11-21/h2-10,12H,13H2,1H3,(H,22,26)(H,23,24,25). The summed E-state index contributed by atoms with van der Waals surface area (Å²) < 4.78 is 0. The van der Waals surface area contributed by atoms with E-state index in [4.69, 9.17) is 5.26 Å². The van der Waals surface area contributed by atoms with Gasteiger partial charge in [-0.25, -0.2) is 9.97 Å². The van der Waals surface area contributed by atoms with E-state index in [-0.39, 0.29) is 12.5 Å². The van der Waals surface area contributed by atoms with Gasteiger partial charge in [0.2, 0.25) is 5.95 Å². The number of rotatable bonds is 5. The summed E-state index contributed by atoms with van der Waals surface area (Å²) in [7, 11) is 0. The molecule has 0 radical (unpaired) electrons. The van der Waals surface area contributed by atoms with Crippen molar-refractivity contribution in [3.8, 4) is 17.3 Å². The zero-order chi connectivity index (χ0) is 18.4. The highest BCUT2D eigenvalue weighted by Gasteiger charge is 2.07. The molecule has 6 nitrogen and oxygen atoms in total. The number of carbonyl (C=O) groups excluding carboxylic acids is 1. The van der Waals surface area contributed by atoms with Gasteiger partial charge in [0.15, 0.2) is 0 Å². The lowest BCUT2D eigenvalue weighted by Gasteiger charge is -2.07. The second-order valence-electron chi connectivity index (χ2n) is 5.67. The van der Waals surface area contributed by atoms with Crippen LogP contribution in [0.4, 0.5) is 11.6 Å². The Morgan fingerprint density at radius 2 is 1.81 bits per heavy atom. The third-order valence-electron chi connectivity index (χ3n) is 3.73. The SMILES string of the molecule is Cc1ccc(Nc2nccc(-c3ccc(C(=O)NCC#N)cc3)n2)cc1. The van der Waals surface area contributed by atoms with Crippen molar-refractivity contribution >= 4 is 17.5 Å². The van der Waals surface area contributed by atoms with E-state index in [0.29, 0.717) is 11.5 Å². The van der Waals surface area contributed by atoms with Crippen LogP contribution in [0.2, 0.25) is 0 Å². The van der Waals surface area contributed by atoms with E-state index in [0.717, 1.165) is 16.9 Å². The first kappa shape index (κ1) is 17.1. The van der Waals surface area contributed by atoms with Gasteiger partial charge in [-0.1, -0.05) is 29.8 Å². The largest absolute Gasteiger partial charge is 0.339 e. The molecule has 26 heavy (non-hydrogen) atoms. The highest BCUT2D eigenvalue weighted by atomic mass is 16.1. The summed E-state index contributed by atoms with van der Waals surface area (Å²) >= 11 is 0. The number of nitrogens with one attached hydrogen (secondary N) is 2. The molecular weight excluding hydrogens is 326 g/mol. The molecule has 0 aliphatic heterocycles. The van der Waals surface area contributed by atoms with Crippen LogP contribution in [0.1, 0.15) is 15.9 Å². The number of nitrogens with zero attached hydrogens (tertiary/aromatic N) is 3. The van der Waals surface area contributed by atoms with Crippen LogP contribution in [0.5, 0.6) is 0 Å². The van der Waals surface area contributed by atoms with E-state index in [9.17, 15) is 4.79 Å². The summed E-state index contributed by atoms with van der Waals surface area (Å²) in [5.41, 5.74) is 4.22. The molecule has 6 heteroatoms. The van der Waals surface area contributed by atoms with Crippen LogP contribution in [0.25, 0.3) is 11.3 Å². The Bertz CT molecular complexity index is 943. The maximum absolute atomic E-state index is 11.8. The molecule has 0 bridgehead atoms. The van der Waals surface area contributed by atoms with Gasteiger partial charge >= 0.3 is 0 Å². The molecule has 2 aromatic carbocycles. The number of nitriles is 1. The Hall–Kier alpha value is -3.72. The molecule has 0 unspecified atom stereocenters. The Morgan fingerprint density at radius 3 is 2.50 bits per heavy atom. The molecule has 2 N–H and O–H groups in total. The average molecular weight is 343 g/mol. The van der Waals surface area contributed by atoms with Gasteiger partial charge in [0, 0.05) is 23.0 Å². The molecule has 1 heterocycles. The van der Waals surface area contributed by atoms with Gasteiger partial charge in [-0.15, -0.1) is 0 Å². The second kappa shape index (κ2) is 7.90. The lowest BCUT2D eigenvalue weighted by atomic mass is 10.1. The number of benzene rings is 2. The molecular formula is C20H17N5O. The molecule has 0 saturated carbocycles. The average Bonchev–Trinajstić information content (AvgIpc) is 2.68. The van der Waals surface area contributed by atoms with E-state index in [1.54, 1.807) is 18.3 Å². The zero-order valence-corrected chi connectivity index (χ0v) is 14.2. The topological polar surface area (TPSA) is 90.7 Å². The summed E-state index contributed by atoms with van der Waals surface area (Å²) in [5, 5.41) is 14.2. The predicted molar refractivity (Wildman–Crippen MR) is 99.9 cm³/mol. The maximum atomic E-state index is 11.8. The lowest BCUT2D eigenvalue weighted by Crippen LogP contribution is -2.23. The minimum absolute atomic E-state index is 0.0134. The van der Waals surface area contributed by atoms with E-state index in [2.05, 4.69) is 20.6 Å². The maximum Gasteiger partial charge on any atom is 0.252 e. The van der Waals surface area contributed by atoms with Gasteiger partial charge in [0.05, 0.1) is 11.8 Å². The van der Waals surface area contributed by atoms with Crippen LogP contribution >= 0.6 is 0 Å². The third-order valence-corrected chi connectivity index (χ3v) is 3.73. The Kier molecular flexibility index (Phi) is 5.20. The van der Waals surface area contributed by atoms with Crippen molar-refractivity contribution in [3.63, 3.8) is 0 Å². The Balaban J connectivity index is 1.76. The van der Waals surface area contributed by atoms with Crippen molar-refractivity contribution in [2.75, 3.05) is 11.9 Å². The van der Waals surface area contributed by atoms with E-state index >= 15 is 0 Å². The number of hydrogen-bond acceptors (Lipinski definition) is 5. The first-order valence-corrected chi connectivity index (χ1v) is 8.08. The van der Waals surface area contributed by atoms with E-state index < -0.39 is 0 Å². The number of amides is 1.